The average Bonchev–Trinajstić information content (AvgIpc) is 2.84. The molecule has 34 heavy (non-hydrogen) atoms. The van der Waals surface area contributed by atoms with Crippen LogP contribution in [0.15, 0.2) is 0 Å². The number of nitrogens with two attached hydrogens (primary N) is 1. The van der Waals surface area contributed by atoms with Gasteiger partial charge in [0.25, 0.3) is 0 Å². The molecule has 0 aromatic carbocycles. The standard InChI is InChI=1S/C20H48N2O10Si2/c1-25-33(26-2,27-3)13-7-11-31-17-19(23)15-22(10-9-21)16-20(24)18-32-12-8-14-34(28-4,29-5)30-6/h19-20,23-24H,7-18,21H2,1-6H3. The van der Waals surface area contributed by atoms with Gasteiger partial charge in [0.2, 0.25) is 0 Å². The third kappa shape index (κ3) is 13.9. The quantitative estimate of drug-likeness (QED) is 0.109. The minimum Gasteiger partial charge on any atom is -0.389 e. The van der Waals surface area contributed by atoms with E-state index in [1.165, 1.54) is 0 Å². The molecular weight excluding hydrogens is 484 g/mol. The average molecular weight is 533 g/mol. The van der Waals surface area contributed by atoms with Crippen molar-refractivity contribution < 1.29 is 46.2 Å². The normalized spacial score (nSPS) is 14.6. The van der Waals surface area contributed by atoms with Crippen molar-refractivity contribution in [3.05, 3.63) is 0 Å². The smallest absolute Gasteiger partial charge is 0.389 e. The molecule has 14 heteroatoms. The topological polar surface area (TPSA) is 144 Å². The molecule has 0 aliphatic rings. The molecule has 0 saturated carbocycles. The highest BCUT2D eigenvalue weighted by Gasteiger charge is 2.37. The second kappa shape index (κ2) is 20.1. The Labute approximate surface area is 207 Å². The molecule has 0 fully saturated rings. The predicted octanol–water partition coefficient (Wildman–Crippen LogP) is -0.461. The van der Waals surface area contributed by atoms with E-state index in [2.05, 4.69) is 0 Å². The fourth-order valence-electron chi connectivity index (χ4n) is 3.47. The van der Waals surface area contributed by atoms with Gasteiger partial charge in [-0.15, -0.1) is 0 Å². The van der Waals surface area contributed by atoms with Crippen molar-refractivity contribution in [1.82, 2.24) is 4.90 Å². The van der Waals surface area contributed by atoms with Crippen LogP contribution in [0.4, 0.5) is 0 Å². The van der Waals surface area contributed by atoms with Crippen LogP contribution in [-0.4, -0.2) is 140 Å². The van der Waals surface area contributed by atoms with Crippen LogP contribution >= 0.6 is 0 Å². The zero-order valence-corrected chi connectivity index (χ0v) is 23.8. The van der Waals surface area contributed by atoms with Gasteiger partial charge in [-0.25, -0.2) is 0 Å². The molecule has 206 valence electrons. The van der Waals surface area contributed by atoms with E-state index in [1.807, 2.05) is 4.90 Å². The molecule has 0 radical (unpaired) electrons. The maximum Gasteiger partial charge on any atom is 0.500 e. The lowest BCUT2D eigenvalue weighted by Crippen LogP contribution is -2.43. The molecule has 2 atom stereocenters. The Morgan fingerprint density at radius 2 is 1.03 bits per heavy atom. The first-order valence-corrected chi connectivity index (χ1v) is 15.4. The van der Waals surface area contributed by atoms with Crippen molar-refractivity contribution in [2.75, 3.05) is 95.3 Å². The molecule has 0 aliphatic carbocycles. The molecule has 0 aromatic heterocycles. The van der Waals surface area contributed by atoms with Gasteiger partial charge in [-0.2, -0.15) is 0 Å². The number of nitrogens with zero attached hydrogens (tertiary/aromatic N) is 1. The summed E-state index contributed by atoms with van der Waals surface area (Å²) >= 11 is 0. The summed E-state index contributed by atoms with van der Waals surface area (Å²) in [7, 11) is 4.24. The van der Waals surface area contributed by atoms with Gasteiger partial charge in [-0.3, -0.25) is 4.90 Å². The summed E-state index contributed by atoms with van der Waals surface area (Å²) in [6, 6.07) is 1.26. The number of rotatable bonds is 24. The summed E-state index contributed by atoms with van der Waals surface area (Å²) in [5, 5.41) is 20.7. The highest BCUT2D eigenvalue weighted by molar-refractivity contribution is 6.60. The summed E-state index contributed by atoms with van der Waals surface area (Å²) in [6.45, 7) is 2.90. The summed E-state index contributed by atoms with van der Waals surface area (Å²) < 4.78 is 43.4. The Bertz CT molecular complexity index is 422. The van der Waals surface area contributed by atoms with Gasteiger partial charge in [0.15, 0.2) is 0 Å². The molecule has 4 N–H and O–H groups in total. The van der Waals surface area contributed by atoms with Crippen LogP contribution in [0.25, 0.3) is 0 Å². The van der Waals surface area contributed by atoms with Crippen LogP contribution in [0, 0.1) is 0 Å². The minimum atomic E-state index is -2.60. The van der Waals surface area contributed by atoms with Gasteiger partial charge in [0.1, 0.15) is 0 Å². The maximum atomic E-state index is 10.3. The molecular formula is C20H48N2O10Si2. The van der Waals surface area contributed by atoms with Gasteiger partial charge in [0.05, 0.1) is 25.4 Å². The highest BCUT2D eigenvalue weighted by atomic mass is 28.4. The van der Waals surface area contributed by atoms with Crippen LogP contribution in [0.1, 0.15) is 12.8 Å². The number of hydrogen-bond donors (Lipinski definition) is 3. The Hall–Kier alpha value is -0.0462. The highest BCUT2D eigenvalue weighted by Crippen LogP contribution is 2.15. The molecule has 0 heterocycles. The molecule has 0 amide bonds. The minimum absolute atomic E-state index is 0.180. The van der Waals surface area contributed by atoms with Crippen LogP contribution in [0.3, 0.4) is 0 Å². The van der Waals surface area contributed by atoms with E-state index >= 15 is 0 Å². The SMILES string of the molecule is CO[Si](CCCOCC(O)CN(CCN)CC(O)COCCC[Si](OC)(OC)OC)(OC)OC. The number of ether oxygens (including phenoxy) is 2. The van der Waals surface area contributed by atoms with E-state index in [0.29, 0.717) is 64.3 Å². The largest absolute Gasteiger partial charge is 0.500 e. The second-order valence-electron chi connectivity index (χ2n) is 7.80. The van der Waals surface area contributed by atoms with Gasteiger partial charge in [-0.05, 0) is 12.8 Å². The monoisotopic (exact) mass is 532 g/mol. The maximum absolute atomic E-state index is 10.3. The fourth-order valence-corrected chi connectivity index (χ4v) is 6.85. The third-order valence-corrected chi connectivity index (χ3v) is 11.1. The molecule has 0 aliphatic heterocycles. The number of aliphatic hydroxyl groups is 2. The zero-order valence-electron chi connectivity index (χ0n) is 21.8. The molecule has 2 unspecified atom stereocenters. The van der Waals surface area contributed by atoms with Crippen LogP contribution < -0.4 is 5.73 Å². The molecule has 0 spiro atoms. The van der Waals surface area contributed by atoms with E-state index in [9.17, 15) is 10.2 Å². The lowest BCUT2D eigenvalue weighted by molar-refractivity contribution is -0.00990. The Morgan fingerprint density at radius 3 is 1.32 bits per heavy atom. The van der Waals surface area contributed by atoms with Crippen molar-refractivity contribution in [2.45, 2.75) is 37.1 Å². The van der Waals surface area contributed by atoms with E-state index in [0.717, 1.165) is 0 Å². The van der Waals surface area contributed by atoms with Crippen LogP contribution in [0.5, 0.6) is 0 Å². The zero-order chi connectivity index (χ0) is 25.9. The number of hydrogen-bond acceptors (Lipinski definition) is 12. The Balaban J connectivity index is 4.19. The summed E-state index contributed by atoms with van der Waals surface area (Å²) in [5.74, 6) is 0. The van der Waals surface area contributed by atoms with E-state index in [1.54, 1.807) is 42.7 Å². The van der Waals surface area contributed by atoms with Gasteiger partial charge in [0, 0.05) is 94.1 Å². The lowest BCUT2D eigenvalue weighted by atomic mass is 10.2. The summed E-state index contributed by atoms with van der Waals surface area (Å²) in [6.07, 6.45) is -0.0205. The van der Waals surface area contributed by atoms with Gasteiger partial charge < -0.3 is 52.0 Å². The summed E-state index contributed by atoms with van der Waals surface area (Å²) in [5.41, 5.74) is 5.69. The van der Waals surface area contributed by atoms with Crippen molar-refractivity contribution in [2.24, 2.45) is 5.73 Å². The number of aliphatic hydroxyl groups excluding tert-OH is 2. The van der Waals surface area contributed by atoms with Crippen LogP contribution in [0.2, 0.25) is 12.1 Å². The van der Waals surface area contributed by atoms with Gasteiger partial charge >= 0.3 is 17.6 Å². The van der Waals surface area contributed by atoms with Gasteiger partial charge in [-0.1, -0.05) is 0 Å². The molecule has 0 rings (SSSR count). The third-order valence-electron chi connectivity index (χ3n) is 5.41. The predicted molar refractivity (Wildman–Crippen MR) is 132 cm³/mol. The molecule has 0 aromatic rings. The summed E-state index contributed by atoms with van der Waals surface area (Å²) in [4.78, 5) is 1.90. The van der Waals surface area contributed by atoms with Crippen molar-refractivity contribution in [1.29, 1.82) is 0 Å². The molecule has 0 bridgehead atoms. The Kier molecular flexibility index (Phi) is 20.0. The van der Waals surface area contributed by atoms with Crippen molar-refractivity contribution in [3.63, 3.8) is 0 Å². The first-order valence-electron chi connectivity index (χ1n) is 11.5. The molecule has 0 saturated heterocycles. The fraction of sp³-hybridized carbons (Fsp3) is 1.00. The second-order valence-corrected chi connectivity index (χ2v) is 14.0. The lowest BCUT2D eigenvalue weighted by Gasteiger charge is -2.27. The van der Waals surface area contributed by atoms with Crippen molar-refractivity contribution >= 4 is 17.6 Å². The first-order chi connectivity index (χ1) is 16.3. The van der Waals surface area contributed by atoms with Crippen LogP contribution in [-0.2, 0) is 36.0 Å². The molecule has 12 nitrogen and oxygen atoms in total. The van der Waals surface area contributed by atoms with Crippen molar-refractivity contribution in [3.8, 4) is 0 Å². The van der Waals surface area contributed by atoms with E-state index in [-0.39, 0.29) is 13.2 Å². The Morgan fingerprint density at radius 1 is 0.676 bits per heavy atom. The first kappa shape index (κ1) is 34.0. The van der Waals surface area contributed by atoms with E-state index in [4.69, 9.17) is 41.8 Å². The van der Waals surface area contributed by atoms with E-state index < -0.39 is 29.8 Å².